The van der Waals surface area contributed by atoms with E-state index < -0.39 is 12.7 Å². The third kappa shape index (κ3) is 5.56. The molecule has 0 aliphatic heterocycles. The Bertz CT molecular complexity index is 1140. The van der Waals surface area contributed by atoms with E-state index in [-0.39, 0.29) is 5.82 Å². The molecule has 3 heterocycles. The predicted octanol–water partition coefficient (Wildman–Crippen LogP) is 4.79. The van der Waals surface area contributed by atoms with E-state index in [1.165, 1.54) is 47.4 Å². The molecule has 31 heavy (non-hydrogen) atoms. The van der Waals surface area contributed by atoms with Crippen LogP contribution in [0.1, 0.15) is 11.8 Å². The van der Waals surface area contributed by atoms with Crippen molar-refractivity contribution >= 4 is 34.0 Å². The zero-order valence-corrected chi connectivity index (χ0v) is 17.6. The van der Waals surface area contributed by atoms with Gasteiger partial charge in [0.15, 0.2) is 16.7 Å². The van der Waals surface area contributed by atoms with Crippen LogP contribution in [-0.2, 0) is 0 Å². The summed E-state index contributed by atoms with van der Waals surface area (Å²) in [5.41, 5.74) is 0.360. The lowest BCUT2D eigenvalue weighted by atomic mass is 10.3. The number of hydrogen-bond donors (Lipinski definition) is 3. The van der Waals surface area contributed by atoms with Crippen LogP contribution in [0.2, 0.25) is 0 Å². The van der Waals surface area contributed by atoms with Crippen LogP contribution >= 0.6 is 23.1 Å². The zero-order chi connectivity index (χ0) is 21.6. The van der Waals surface area contributed by atoms with E-state index in [0.29, 0.717) is 28.1 Å². The molecule has 1 aromatic carbocycles. The number of aliphatic hydroxyl groups excluding tert-OH is 2. The lowest BCUT2D eigenvalue weighted by molar-refractivity contribution is 0.0928. The quantitative estimate of drug-likeness (QED) is 0.348. The lowest BCUT2D eigenvalue weighted by Crippen LogP contribution is -2.03. The molecule has 0 aliphatic rings. The van der Waals surface area contributed by atoms with Gasteiger partial charge in [0.1, 0.15) is 22.7 Å². The van der Waals surface area contributed by atoms with Crippen molar-refractivity contribution in [1.82, 2.24) is 15.0 Å². The van der Waals surface area contributed by atoms with Gasteiger partial charge >= 0.3 is 0 Å². The molecule has 3 aromatic heterocycles. The monoisotopic (exact) mass is 456 g/mol. The average Bonchev–Trinajstić information content (AvgIpc) is 3.26. The van der Waals surface area contributed by atoms with Gasteiger partial charge in [0.05, 0.1) is 12.3 Å². The molecule has 3 N–H and O–H groups in total. The summed E-state index contributed by atoms with van der Waals surface area (Å²) in [6.07, 6.45) is 2.34. The lowest BCUT2D eigenvalue weighted by Gasteiger charge is -2.12. The van der Waals surface area contributed by atoms with E-state index in [1.807, 2.05) is 18.2 Å². The number of nitrogens with zero attached hydrogens (tertiary/aromatic N) is 3. The van der Waals surface area contributed by atoms with Crippen LogP contribution < -0.4 is 10.1 Å². The fourth-order valence-corrected chi connectivity index (χ4v) is 4.03. The molecule has 0 saturated heterocycles. The van der Waals surface area contributed by atoms with Gasteiger partial charge < -0.3 is 20.3 Å². The number of nitrogens with one attached hydrogen (secondary N) is 1. The highest BCUT2D eigenvalue weighted by Gasteiger charge is 2.15. The standard InChI is InChI=1S/C21H17FN4O3S2/c22-13-4-6-14(7-5-13)29-18-9-15(31-19-3-1-2-8-23-19)10-24-20(18)26-21-25-16(12-30-21)17(28)11-27/h1-10,12,17,27-28H,11H2,(H,24,25,26). The minimum absolute atomic E-state index is 0.360. The van der Waals surface area contributed by atoms with E-state index in [0.717, 1.165) is 9.92 Å². The molecule has 0 spiro atoms. The Labute approximate surface area is 185 Å². The molecular weight excluding hydrogens is 439 g/mol. The van der Waals surface area contributed by atoms with Gasteiger partial charge in [0.2, 0.25) is 0 Å². The van der Waals surface area contributed by atoms with Crippen molar-refractivity contribution in [3.8, 4) is 11.5 Å². The van der Waals surface area contributed by atoms with E-state index in [2.05, 4.69) is 20.3 Å². The van der Waals surface area contributed by atoms with Crippen LogP contribution in [-0.4, -0.2) is 31.8 Å². The number of ether oxygens (including phenoxy) is 1. The first kappa shape index (κ1) is 21.2. The Morgan fingerprint density at radius 3 is 2.74 bits per heavy atom. The van der Waals surface area contributed by atoms with Crippen molar-refractivity contribution < 1.29 is 19.3 Å². The maximum absolute atomic E-state index is 13.3. The Kier molecular flexibility index (Phi) is 6.73. The molecule has 0 amide bonds. The number of hydrogen-bond acceptors (Lipinski definition) is 9. The van der Waals surface area contributed by atoms with Gasteiger partial charge in [-0.05, 0) is 36.4 Å². The van der Waals surface area contributed by atoms with Crippen LogP contribution in [0.3, 0.4) is 0 Å². The molecule has 158 valence electrons. The van der Waals surface area contributed by atoms with Crippen LogP contribution in [0.15, 0.2) is 76.2 Å². The van der Waals surface area contributed by atoms with E-state index >= 15 is 0 Å². The number of pyridine rings is 2. The summed E-state index contributed by atoms with van der Waals surface area (Å²) in [4.78, 5) is 13.8. The Hall–Kier alpha value is -3.05. The highest BCUT2D eigenvalue weighted by atomic mass is 32.2. The third-order valence-corrected chi connectivity index (χ3v) is 5.68. The van der Waals surface area contributed by atoms with Crippen molar-refractivity contribution in [2.75, 3.05) is 11.9 Å². The first-order valence-corrected chi connectivity index (χ1v) is 10.8. The number of benzene rings is 1. The van der Waals surface area contributed by atoms with Crippen molar-refractivity contribution in [2.24, 2.45) is 0 Å². The molecule has 0 aliphatic carbocycles. The molecule has 4 aromatic rings. The second-order valence-electron chi connectivity index (χ2n) is 6.24. The summed E-state index contributed by atoms with van der Waals surface area (Å²) in [6, 6.07) is 13.1. The van der Waals surface area contributed by atoms with Crippen LogP contribution in [0.25, 0.3) is 0 Å². The van der Waals surface area contributed by atoms with E-state index in [1.54, 1.807) is 23.8 Å². The van der Waals surface area contributed by atoms with Gasteiger partial charge in [0, 0.05) is 28.7 Å². The Morgan fingerprint density at radius 1 is 1.16 bits per heavy atom. The second-order valence-corrected chi connectivity index (χ2v) is 8.20. The molecule has 10 heteroatoms. The number of anilines is 2. The molecule has 7 nitrogen and oxygen atoms in total. The van der Waals surface area contributed by atoms with E-state index in [9.17, 15) is 9.50 Å². The van der Waals surface area contributed by atoms with Gasteiger partial charge in [-0.1, -0.05) is 17.8 Å². The summed E-state index contributed by atoms with van der Waals surface area (Å²) in [5.74, 6) is 0.892. The summed E-state index contributed by atoms with van der Waals surface area (Å²) in [5, 5.41) is 24.8. The molecule has 1 atom stereocenters. The summed E-state index contributed by atoms with van der Waals surface area (Å²) in [6.45, 7) is -0.417. The highest BCUT2D eigenvalue weighted by molar-refractivity contribution is 7.99. The van der Waals surface area contributed by atoms with Gasteiger partial charge in [-0.2, -0.15) is 0 Å². The molecule has 0 saturated carbocycles. The van der Waals surface area contributed by atoms with Crippen LogP contribution in [0.4, 0.5) is 15.3 Å². The van der Waals surface area contributed by atoms with Crippen molar-refractivity contribution in [2.45, 2.75) is 16.0 Å². The first-order valence-electron chi connectivity index (χ1n) is 9.14. The summed E-state index contributed by atoms with van der Waals surface area (Å²) < 4.78 is 19.2. The molecular formula is C21H17FN4O3S2. The normalized spacial score (nSPS) is 11.8. The topological polar surface area (TPSA) is 100 Å². The molecule has 0 fully saturated rings. The number of thiazole rings is 1. The SMILES string of the molecule is OCC(O)c1csc(Nc2ncc(Sc3ccccn3)cc2Oc2ccc(F)cc2)n1. The number of halogens is 1. The summed E-state index contributed by atoms with van der Waals surface area (Å²) >= 11 is 2.68. The fourth-order valence-electron chi connectivity index (χ4n) is 2.50. The van der Waals surface area contributed by atoms with Crippen molar-refractivity contribution in [1.29, 1.82) is 0 Å². The Balaban J connectivity index is 1.62. The number of aliphatic hydroxyl groups is 2. The number of rotatable bonds is 8. The minimum Gasteiger partial charge on any atom is -0.453 e. The van der Waals surface area contributed by atoms with Gasteiger partial charge in [0.25, 0.3) is 0 Å². The number of aromatic nitrogens is 3. The molecule has 0 bridgehead atoms. The van der Waals surface area contributed by atoms with Crippen molar-refractivity contribution in [3.05, 3.63) is 77.8 Å². The van der Waals surface area contributed by atoms with Crippen LogP contribution in [0.5, 0.6) is 11.5 Å². The maximum atomic E-state index is 13.3. The highest BCUT2D eigenvalue weighted by Crippen LogP contribution is 2.36. The third-order valence-electron chi connectivity index (χ3n) is 3.99. The van der Waals surface area contributed by atoms with Gasteiger partial charge in [-0.25, -0.2) is 19.3 Å². The first-order chi connectivity index (χ1) is 15.1. The molecule has 4 rings (SSSR count). The molecule has 1 unspecified atom stereocenters. The Morgan fingerprint density at radius 2 is 2.00 bits per heavy atom. The van der Waals surface area contributed by atoms with Crippen LogP contribution in [0, 0.1) is 5.82 Å². The maximum Gasteiger partial charge on any atom is 0.188 e. The van der Waals surface area contributed by atoms with Gasteiger partial charge in [-0.3, -0.25) is 0 Å². The van der Waals surface area contributed by atoms with Gasteiger partial charge in [-0.15, -0.1) is 11.3 Å². The largest absolute Gasteiger partial charge is 0.453 e. The molecule has 0 radical (unpaired) electrons. The fraction of sp³-hybridized carbons (Fsp3) is 0.0952. The average molecular weight is 457 g/mol. The summed E-state index contributed by atoms with van der Waals surface area (Å²) in [7, 11) is 0. The van der Waals surface area contributed by atoms with Crippen molar-refractivity contribution in [3.63, 3.8) is 0 Å². The zero-order valence-electron chi connectivity index (χ0n) is 16.0. The van der Waals surface area contributed by atoms with E-state index in [4.69, 9.17) is 9.84 Å². The smallest absolute Gasteiger partial charge is 0.188 e. The minimum atomic E-state index is -1.05. The second kappa shape index (κ2) is 9.84. The predicted molar refractivity (Wildman–Crippen MR) is 117 cm³/mol.